The molecule has 5 fully saturated rings. The maximum atomic E-state index is 14.9. The van der Waals surface area contributed by atoms with E-state index in [0.717, 1.165) is 116 Å². The molecule has 2 aromatic carbocycles. The smallest absolute Gasteiger partial charge is 0.407 e. The molecule has 0 bridgehead atoms. The Balaban J connectivity index is 0.000000582. The van der Waals surface area contributed by atoms with Gasteiger partial charge in [0.25, 0.3) is 0 Å². The number of likely N-dealkylation sites (N-methyl/N-ethyl adjacent to an activating group) is 1. The number of halogens is 1. The number of alkyl carbamates (subject to hydrolysis) is 1. The predicted molar refractivity (Wildman–Crippen MR) is 225 cm³/mol. The molecular weight excluding hydrogens is 712 g/mol. The number of hydrogen-bond donors (Lipinski definition) is 2. The molecule has 7 rings (SSSR count). The fraction of sp³-hybridized carbons (Fsp3) is 0.636. The van der Waals surface area contributed by atoms with Crippen LogP contribution in [-0.4, -0.2) is 119 Å². The van der Waals surface area contributed by atoms with Gasteiger partial charge in [0.2, 0.25) is 6.41 Å². The molecule has 304 valence electrons. The van der Waals surface area contributed by atoms with Crippen LogP contribution in [0.2, 0.25) is 0 Å². The summed E-state index contributed by atoms with van der Waals surface area (Å²) in [4.78, 5) is 32.9. The largest absolute Gasteiger partial charge is 0.453 e. The van der Waals surface area contributed by atoms with Gasteiger partial charge < -0.3 is 30.1 Å². The van der Waals surface area contributed by atoms with Crippen molar-refractivity contribution in [2.75, 3.05) is 90.8 Å². The molecule has 2 amide bonds. The molecule has 1 saturated carbocycles. The number of nitrogens with zero attached hydrogens (tertiary/aromatic N) is 4. The molecule has 55 heavy (non-hydrogen) atoms. The second-order valence-electron chi connectivity index (χ2n) is 15.8. The Morgan fingerprint density at radius 2 is 1.69 bits per heavy atom. The minimum atomic E-state index is -0.366. The van der Waals surface area contributed by atoms with E-state index in [1.165, 1.54) is 24.8 Å². The minimum absolute atomic E-state index is 0.0235. The van der Waals surface area contributed by atoms with Gasteiger partial charge in [-0.05, 0) is 118 Å². The number of nitrogens with one attached hydrogen (secondary N) is 2. The molecule has 3 unspecified atom stereocenters. The van der Waals surface area contributed by atoms with E-state index >= 15 is 0 Å². The van der Waals surface area contributed by atoms with Crippen molar-refractivity contribution < 1.29 is 18.7 Å². The summed E-state index contributed by atoms with van der Waals surface area (Å²) in [7, 11) is 3.37. The number of thioether (sulfide) groups is 1. The van der Waals surface area contributed by atoms with E-state index in [-0.39, 0.29) is 29.4 Å². The fourth-order valence-corrected chi connectivity index (χ4v) is 10.1. The van der Waals surface area contributed by atoms with E-state index in [1.807, 2.05) is 38.1 Å². The first-order valence-electron chi connectivity index (χ1n) is 20.8. The monoisotopic (exact) mass is 778 g/mol. The van der Waals surface area contributed by atoms with Crippen molar-refractivity contribution in [1.29, 1.82) is 0 Å². The third kappa shape index (κ3) is 10.6. The molecule has 2 aromatic rings. The van der Waals surface area contributed by atoms with Crippen LogP contribution >= 0.6 is 11.8 Å². The molecule has 4 aliphatic heterocycles. The SMILES string of the molecule is CC.CNC/C=C/SC.COC(=O)NC1CCCC1C(c1cccc(F)c1)(C1CCN(CC2CN(c3ccc(CC4CN(C=O)C4)cc3)C2)CC1)N1CCC1. The van der Waals surface area contributed by atoms with Crippen molar-refractivity contribution in [3.63, 3.8) is 0 Å². The zero-order chi connectivity index (χ0) is 39.2. The van der Waals surface area contributed by atoms with Crippen LogP contribution in [0.3, 0.4) is 0 Å². The summed E-state index contributed by atoms with van der Waals surface area (Å²) in [5, 5.41) is 8.26. The molecule has 0 radical (unpaired) electrons. The van der Waals surface area contributed by atoms with Crippen LogP contribution in [0.25, 0.3) is 0 Å². The number of likely N-dealkylation sites (tertiary alicyclic amines) is 3. The Kier molecular flexibility index (Phi) is 16.7. The minimum Gasteiger partial charge on any atom is -0.453 e. The number of ether oxygens (including phenoxy) is 1. The van der Waals surface area contributed by atoms with E-state index in [0.29, 0.717) is 17.8 Å². The Hall–Kier alpha value is -3.12. The fourth-order valence-electron chi connectivity index (χ4n) is 9.80. The zero-order valence-corrected chi connectivity index (χ0v) is 34.9. The molecule has 4 heterocycles. The number of carbonyl (C=O) groups is 2. The van der Waals surface area contributed by atoms with Crippen molar-refractivity contribution in [2.45, 2.75) is 70.4 Å². The Labute approximate surface area is 334 Å². The van der Waals surface area contributed by atoms with Crippen molar-refractivity contribution >= 4 is 30.0 Å². The standard InChI is InChI=1S/C37H50FN5O3.C5H11NS.C2H6/c1-46-36(45)39-35-8-3-7-34(35)37(43-15-4-16-43,31-5-2-6-32(38)20-31)30-13-17-40(18-14-30)23-29-24-42(25-29)33-11-9-27(10-12-33)19-28-21-41(22-28)26-44;1-6-4-3-5-7-2;1-2/h2,5-6,9-12,20,26,28-30,34-35H,3-4,7-8,13-19,21-25H2,1H3,(H,39,45);3,5-6H,4H2,1-2H3;1-2H3/b;5-3+;. The van der Waals surface area contributed by atoms with Crippen molar-refractivity contribution in [3.05, 3.63) is 77.0 Å². The maximum Gasteiger partial charge on any atom is 0.407 e. The van der Waals surface area contributed by atoms with Gasteiger partial charge in [-0.15, -0.1) is 11.8 Å². The number of rotatable bonds is 14. The van der Waals surface area contributed by atoms with E-state index in [1.54, 1.807) is 23.9 Å². The molecule has 0 spiro atoms. The summed E-state index contributed by atoms with van der Waals surface area (Å²) < 4.78 is 19.9. The van der Waals surface area contributed by atoms with Crippen LogP contribution in [0, 0.1) is 29.5 Å². The van der Waals surface area contributed by atoms with Gasteiger partial charge in [0, 0.05) is 75.9 Å². The molecule has 11 heteroatoms. The van der Waals surface area contributed by atoms with Gasteiger partial charge in [-0.1, -0.05) is 50.6 Å². The average molecular weight is 779 g/mol. The first-order valence-corrected chi connectivity index (χ1v) is 22.1. The summed E-state index contributed by atoms with van der Waals surface area (Å²) in [6, 6.07) is 16.4. The van der Waals surface area contributed by atoms with Gasteiger partial charge in [-0.3, -0.25) is 9.69 Å². The third-order valence-corrected chi connectivity index (χ3v) is 12.9. The van der Waals surface area contributed by atoms with Crippen LogP contribution in [0.15, 0.2) is 60.0 Å². The second kappa shape index (κ2) is 21.4. The van der Waals surface area contributed by atoms with E-state index in [4.69, 9.17) is 4.74 Å². The van der Waals surface area contributed by atoms with Gasteiger partial charge in [-0.25, -0.2) is 9.18 Å². The molecule has 3 atom stereocenters. The van der Waals surface area contributed by atoms with Gasteiger partial charge in [0.1, 0.15) is 5.82 Å². The Morgan fingerprint density at radius 3 is 2.29 bits per heavy atom. The van der Waals surface area contributed by atoms with Gasteiger partial charge in [0.05, 0.1) is 12.6 Å². The molecule has 9 nitrogen and oxygen atoms in total. The van der Waals surface area contributed by atoms with Gasteiger partial charge >= 0.3 is 6.09 Å². The average Bonchev–Trinajstić information content (AvgIpc) is 3.62. The van der Waals surface area contributed by atoms with Gasteiger partial charge in [0.15, 0.2) is 0 Å². The topological polar surface area (TPSA) is 80.4 Å². The predicted octanol–water partition coefficient (Wildman–Crippen LogP) is 6.84. The van der Waals surface area contributed by atoms with E-state index in [2.05, 4.69) is 67.1 Å². The van der Waals surface area contributed by atoms with Crippen LogP contribution in [0.1, 0.15) is 63.5 Å². The summed E-state index contributed by atoms with van der Waals surface area (Å²) in [6.07, 6.45) is 12.1. The van der Waals surface area contributed by atoms with Gasteiger partial charge in [-0.2, -0.15) is 0 Å². The number of methoxy groups -OCH3 is 1. The molecule has 1 aliphatic carbocycles. The Bertz CT molecular complexity index is 1490. The van der Waals surface area contributed by atoms with E-state index in [9.17, 15) is 14.0 Å². The van der Waals surface area contributed by atoms with Crippen molar-refractivity contribution in [1.82, 2.24) is 25.3 Å². The highest BCUT2D eigenvalue weighted by atomic mass is 32.2. The zero-order valence-electron chi connectivity index (χ0n) is 34.1. The molecule has 4 saturated heterocycles. The number of anilines is 1. The van der Waals surface area contributed by atoms with E-state index < -0.39 is 0 Å². The van der Waals surface area contributed by atoms with Crippen molar-refractivity contribution in [3.8, 4) is 0 Å². The third-order valence-electron chi connectivity index (χ3n) is 12.4. The second-order valence-corrected chi connectivity index (χ2v) is 16.5. The quantitative estimate of drug-likeness (QED) is 0.202. The normalized spacial score (nSPS) is 23.3. The molecule has 2 N–H and O–H groups in total. The van der Waals surface area contributed by atoms with Crippen LogP contribution in [-0.2, 0) is 21.5 Å². The lowest BCUT2D eigenvalue weighted by Gasteiger charge is -2.59. The van der Waals surface area contributed by atoms with Crippen LogP contribution in [0.4, 0.5) is 14.9 Å². The summed E-state index contributed by atoms with van der Waals surface area (Å²) in [5.41, 5.74) is 3.46. The molecular formula is C44H67FN6O3S. The maximum absolute atomic E-state index is 14.9. The summed E-state index contributed by atoms with van der Waals surface area (Å²) in [5.74, 6) is 1.70. The number of carbonyl (C=O) groups excluding carboxylic acids is 2. The Morgan fingerprint density at radius 1 is 0.964 bits per heavy atom. The highest BCUT2D eigenvalue weighted by Gasteiger charge is 2.56. The highest BCUT2D eigenvalue weighted by molar-refractivity contribution is 8.01. The number of amides is 2. The number of piperidine rings is 1. The van der Waals surface area contributed by atoms with Crippen molar-refractivity contribution in [2.24, 2.45) is 23.7 Å². The molecule has 5 aliphatic rings. The highest BCUT2D eigenvalue weighted by Crippen LogP contribution is 2.54. The first kappa shape index (κ1) is 43.0. The lowest BCUT2D eigenvalue weighted by Crippen LogP contribution is -2.65. The molecule has 0 aromatic heterocycles. The van der Waals surface area contributed by atoms with Crippen LogP contribution < -0.4 is 15.5 Å². The summed E-state index contributed by atoms with van der Waals surface area (Å²) in [6.45, 7) is 14.2. The number of hydrogen-bond acceptors (Lipinski definition) is 8. The first-order chi connectivity index (χ1) is 26.9. The lowest BCUT2D eigenvalue weighted by molar-refractivity contribution is -0.123. The van der Waals surface area contributed by atoms with Crippen LogP contribution in [0.5, 0.6) is 0 Å². The summed E-state index contributed by atoms with van der Waals surface area (Å²) >= 11 is 1.72. The number of benzene rings is 2. The lowest BCUT2D eigenvalue weighted by atomic mass is 9.62.